The van der Waals surface area contributed by atoms with E-state index in [1.807, 2.05) is 48.5 Å². The van der Waals surface area contributed by atoms with Crippen LogP contribution in [0.5, 0.6) is 0 Å². The third-order valence-corrected chi connectivity index (χ3v) is 6.95. The molecule has 2 amide bonds. The third kappa shape index (κ3) is 6.52. The second-order valence-electron chi connectivity index (χ2n) is 9.56. The summed E-state index contributed by atoms with van der Waals surface area (Å²) in [5.41, 5.74) is 5.53. The van der Waals surface area contributed by atoms with Gasteiger partial charge in [0.15, 0.2) is 6.33 Å². The van der Waals surface area contributed by atoms with Crippen molar-refractivity contribution < 1.29 is 24.2 Å². The number of nitrogens with zero attached hydrogens (tertiary/aromatic N) is 4. The first-order valence-electron chi connectivity index (χ1n) is 13.2. The van der Waals surface area contributed by atoms with Gasteiger partial charge in [-0.2, -0.15) is 0 Å². The van der Waals surface area contributed by atoms with E-state index < -0.39 is 18.1 Å². The number of aliphatic carboxylic acids is 1. The molecule has 0 fully saturated rings. The summed E-state index contributed by atoms with van der Waals surface area (Å²) in [6.45, 7) is 0.457. The van der Waals surface area contributed by atoms with Crippen LogP contribution in [0.4, 0.5) is 4.79 Å². The third-order valence-electron chi connectivity index (χ3n) is 6.95. The fourth-order valence-electron chi connectivity index (χ4n) is 4.91. The summed E-state index contributed by atoms with van der Waals surface area (Å²) in [6, 6.07) is 21.6. The minimum atomic E-state index is -1.14. The lowest BCUT2D eigenvalue weighted by Gasteiger charge is -2.17. The highest BCUT2D eigenvalue weighted by molar-refractivity contribution is 5.94. The molecule has 1 aliphatic rings. The van der Waals surface area contributed by atoms with E-state index in [-0.39, 0.29) is 24.9 Å². The number of ether oxygens (including phenoxy) is 1. The number of aromatic nitrogens is 4. The zero-order valence-corrected chi connectivity index (χ0v) is 22.1. The van der Waals surface area contributed by atoms with E-state index in [0.717, 1.165) is 22.3 Å². The molecule has 0 spiro atoms. The Morgan fingerprint density at radius 1 is 0.854 bits per heavy atom. The second kappa shape index (κ2) is 12.8. The highest BCUT2D eigenvalue weighted by Gasteiger charge is 2.29. The first-order valence-corrected chi connectivity index (χ1v) is 13.2. The topological polar surface area (TPSA) is 156 Å². The van der Waals surface area contributed by atoms with E-state index in [0.29, 0.717) is 36.3 Å². The molecule has 11 nitrogen and oxygen atoms in total. The summed E-state index contributed by atoms with van der Waals surface area (Å²) >= 11 is 0. The van der Waals surface area contributed by atoms with Gasteiger partial charge in [-0.25, -0.2) is 9.59 Å². The van der Waals surface area contributed by atoms with Crippen LogP contribution in [-0.2, 0) is 9.53 Å². The van der Waals surface area contributed by atoms with Crippen molar-refractivity contribution in [3.05, 3.63) is 95.8 Å². The minimum absolute atomic E-state index is 0.103. The summed E-state index contributed by atoms with van der Waals surface area (Å²) < 4.78 is 5.48. The normalized spacial score (nSPS) is 12.6. The lowest BCUT2D eigenvalue weighted by Crippen LogP contribution is -2.41. The van der Waals surface area contributed by atoms with Gasteiger partial charge >= 0.3 is 12.1 Å². The molecule has 1 aromatic heterocycles. The molecule has 4 aromatic rings. The van der Waals surface area contributed by atoms with Gasteiger partial charge in [-0.05, 0) is 53.6 Å². The molecule has 1 aliphatic carbocycles. The number of nitrogens with one attached hydrogen (secondary N) is 2. The van der Waals surface area contributed by atoms with Crippen molar-refractivity contribution in [1.82, 2.24) is 31.0 Å². The number of benzene rings is 3. The molecule has 208 valence electrons. The molecule has 1 heterocycles. The van der Waals surface area contributed by atoms with Gasteiger partial charge < -0.3 is 20.5 Å². The number of carbonyl (C=O) groups is 3. The minimum Gasteiger partial charge on any atom is -0.480 e. The number of fused-ring (bicyclic) bond motifs is 3. The second-order valence-corrected chi connectivity index (χ2v) is 9.56. The molecule has 3 N–H and O–H groups in total. The van der Waals surface area contributed by atoms with E-state index in [1.54, 1.807) is 24.3 Å². The van der Waals surface area contributed by atoms with Gasteiger partial charge in [0.2, 0.25) is 5.82 Å². The number of hydrogen-bond donors (Lipinski definition) is 3. The van der Waals surface area contributed by atoms with Crippen molar-refractivity contribution >= 4 is 18.0 Å². The summed E-state index contributed by atoms with van der Waals surface area (Å²) in [5.74, 6) is -1.15. The maximum absolute atomic E-state index is 12.5. The standard InChI is InChI=1S/C30H28N6O5/c37-28(20-14-12-19(13-15-20)27-35-32-18-33-36-27)31-16-6-5-11-26(29(38)39)34-30(40)41-17-25-23-9-3-1-7-21(23)22-8-2-4-10-24(22)25/h1-4,7-10,12-15,18,25-26H,5-6,11,16-17H2,(H,31,37)(H,34,40)(H,38,39). The number of alkyl carbamates (subject to hydrolysis) is 1. The molecule has 3 aromatic carbocycles. The Morgan fingerprint density at radius 3 is 2.12 bits per heavy atom. The number of carbonyl (C=O) groups excluding carboxylic acids is 2. The van der Waals surface area contributed by atoms with Crippen molar-refractivity contribution in [3.63, 3.8) is 0 Å². The quantitative estimate of drug-likeness (QED) is 0.235. The largest absolute Gasteiger partial charge is 0.480 e. The van der Waals surface area contributed by atoms with Crippen LogP contribution in [0, 0.1) is 0 Å². The molecule has 0 saturated carbocycles. The van der Waals surface area contributed by atoms with Crippen LogP contribution in [0.15, 0.2) is 79.1 Å². The fourth-order valence-corrected chi connectivity index (χ4v) is 4.91. The van der Waals surface area contributed by atoms with Gasteiger partial charge in [0.1, 0.15) is 12.6 Å². The van der Waals surface area contributed by atoms with Crippen LogP contribution in [0.2, 0.25) is 0 Å². The van der Waals surface area contributed by atoms with Crippen LogP contribution in [0.1, 0.15) is 46.7 Å². The van der Waals surface area contributed by atoms with Crippen molar-refractivity contribution in [1.29, 1.82) is 0 Å². The average Bonchev–Trinajstić information content (AvgIpc) is 3.33. The SMILES string of the molecule is O=C(NC(CCCCNC(=O)c1ccc(-c2nncnn2)cc1)C(=O)O)OCC1c2ccccc2-c2ccccc21. The first-order chi connectivity index (χ1) is 20.0. The maximum Gasteiger partial charge on any atom is 0.407 e. The molecule has 5 rings (SSSR count). The molecular formula is C30H28N6O5. The van der Waals surface area contributed by atoms with Crippen molar-refractivity contribution in [3.8, 4) is 22.5 Å². The number of carboxylic acid groups (broad SMARTS) is 1. The van der Waals surface area contributed by atoms with Crippen LogP contribution >= 0.6 is 0 Å². The first kappa shape index (κ1) is 27.4. The highest BCUT2D eigenvalue weighted by atomic mass is 16.5. The molecule has 1 unspecified atom stereocenters. The molecule has 0 bridgehead atoms. The van der Waals surface area contributed by atoms with Crippen LogP contribution in [0.3, 0.4) is 0 Å². The molecule has 1 atom stereocenters. The van der Waals surface area contributed by atoms with E-state index in [9.17, 15) is 19.5 Å². The molecule has 0 saturated heterocycles. The summed E-state index contributed by atoms with van der Waals surface area (Å²) in [5, 5.41) is 30.0. The van der Waals surface area contributed by atoms with Crippen LogP contribution in [0.25, 0.3) is 22.5 Å². The van der Waals surface area contributed by atoms with E-state index in [4.69, 9.17) is 4.74 Å². The summed E-state index contributed by atoms with van der Waals surface area (Å²) in [6.07, 6.45) is 1.67. The Labute approximate surface area is 236 Å². The Balaban J connectivity index is 1.05. The van der Waals surface area contributed by atoms with Crippen molar-refractivity contribution in [2.24, 2.45) is 0 Å². The van der Waals surface area contributed by atoms with Gasteiger partial charge in [-0.3, -0.25) is 4.79 Å². The van der Waals surface area contributed by atoms with Crippen LogP contribution in [-0.4, -0.2) is 62.7 Å². The van der Waals surface area contributed by atoms with Gasteiger partial charge in [0.25, 0.3) is 5.91 Å². The Kier molecular flexibility index (Phi) is 8.53. The van der Waals surface area contributed by atoms with Gasteiger partial charge in [0, 0.05) is 23.6 Å². The van der Waals surface area contributed by atoms with Crippen molar-refractivity contribution in [2.45, 2.75) is 31.2 Å². The van der Waals surface area contributed by atoms with Gasteiger partial charge in [0.05, 0.1) is 0 Å². The summed E-state index contributed by atoms with van der Waals surface area (Å²) in [4.78, 5) is 36.7. The van der Waals surface area contributed by atoms with Gasteiger partial charge in [-0.1, -0.05) is 60.7 Å². The zero-order chi connectivity index (χ0) is 28.6. The Bertz CT molecular complexity index is 1480. The lowest BCUT2D eigenvalue weighted by atomic mass is 9.98. The smallest absolute Gasteiger partial charge is 0.407 e. The van der Waals surface area contributed by atoms with Crippen LogP contribution < -0.4 is 10.6 Å². The zero-order valence-electron chi connectivity index (χ0n) is 22.1. The number of rotatable bonds is 11. The maximum atomic E-state index is 12.5. The van der Waals surface area contributed by atoms with Crippen molar-refractivity contribution in [2.75, 3.05) is 13.2 Å². The van der Waals surface area contributed by atoms with Gasteiger partial charge in [-0.15, -0.1) is 20.4 Å². The molecule has 0 radical (unpaired) electrons. The molecule has 11 heteroatoms. The summed E-state index contributed by atoms with van der Waals surface area (Å²) in [7, 11) is 0. The average molecular weight is 553 g/mol. The monoisotopic (exact) mass is 552 g/mol. The Hall–Kier alpha value is -5.19. The number of unbranched alkanes of at least 4 members (excludes halogenated alkanes) is 1. The van der Waals surface area contributed by atoms with E-state index in [2.05, 4.69) is 31.0 Å². The fraction of sp³-hybridized carbons (Fsp3) is 0.233. The molecular weight excluding hydrogens is 524 g/mol. The lowest BCUT2D eigenvalue weighted by molar-refractivity contribution is -0.139. The van der Waals surface area contributed by atoms with E-state index >= 15 is 0 Å². The predicted octanol–water partition coefficient (Wildman–Crippen LogP) is 3.83. The van der Waals surface area contributed by atoms with E-state index in [1.165, 1.54) is 6.33 Å². The predicted molar refractivity (Wildman–Crippen MR) is 149 cm³/mol. The number of amides is 2. The molecule has 0 aliphatic heterocycles. The molecule has 41 heavy (non-hydrogen) atoms. The number of hydrogen-bond acceptors (Lipinski definition) is 8. The highest BCUT2D eigenvalue weighted by Crippen LogP contribution is 2.44. The number of carboxylic acids is 1. The Morgan fingerprint density at radius 2 is 1.49 bits per heavy atom.